The van der Waals surface area contributed by atoms with Crippen molar-refractivity contribution >= 4 is 48.1 Å². The van der Waals surface area contributed by atoms with Gasteiger partial charge >= 0.3 is 5.97 Å². The Morgan fingerprint density at radius 2 is 1.61 bits per heavy atom. The van der Waals surface area contributed by atoms with Crippen LogP contribution in [-0.2, 0) is 19.2 Å². The Labute approximate surface area is 192 Å². The number of hydrogen-bond acceptors (Lipinski definition) is 9. The fourth-order valence-electron chi connectivity index (χ4n) is 2.54. The van der Waals surface area contributed by atoms with Crippen molar-refractivity contribution in [3.8, 4) is 0 Å². The van der Waals surface area contributed by atoms with Gasteiger partial charge in [0.1, 0.15) is 18.1 Å². The second-order valence-corrected chi connectivity index (χ2v) is 8.39. The van der Waals surface area contributed by atoms with E-state index in [0.717, 1.165) is 0 Å². The molecule has 0 aromatic carbocycles. The van der Waals surface area contributed by atoms with Crippen molar-refractivity contribution in [3.05, 3.63) is 0 Å². The summed E-state index contributed by atoms with van der Waals surface area (Å²) in [5, 5.41) is 26.6. The highest BCUT2D eigenvalue weighted by Gasteiger charge is 2.32. The van der Waals surface area contributed by atoms with Gasteiger partial charge in [0, 0.05) is 5.75 Å². The topological polar surface area (TPSA) is 197 Å². The maximum atomic E-state index is 12.7. The van der Waals surface area contributed by atoms with Gasteiger partial charge in [-0.3, -0.25) is 14.4 Å². The third kappa shape index (κ3) is 11.6. The first-order chi connectivity index (χ1) is 14.6. The highest BCUT2D eigenvalue weighted by Crippen LogP contribution is 2.06. The minimum atomic E-state index is -1.41. The first-order valence-electron chi connectivity index (χ1n) is 9.96. The molecule has 31 heavy (non-hydrogen) atoms. The summed E-state index contributed by atoms with van der Waals surface area (Å²) in [5.74, 6) is -2.70. The molecule has 13 heteroatoms. The lowest BCUT2D eigenvalue weighted by molar-refractivity contribution is -0.143. The van der Waals surface area contributed by atoms with Crippen LogP contribution in [0, 0.1) is 0 Å². The molecule has 0 fully saturated rings. The number of aliphatic hydroxyl groups excluding tert-OH is 1. The van der Waals surface area contributed by atoms with Crippen LogP contribution in [0.1, 0.15) is 32.6 Å². The number of amides is 3. The van der Waals surface area contributed by atoms with Gasteiger partial charge in [0.15, 0.2) is 0 Å². The van der Waals surface area contributed by atoms with Gasteiger partial charge in [0.25, 0.3) is 0 Å². The largest absolute Gasteiger partial charge is 0.480 e. The SMILES string of the molecule is CSCCC(NC(=O)C(N)CS)C(=O)NC(C(=O)NC(CCCCN)C(=O)O)C(C)O. The van der Waals surface area contributed by atoms with Gasteiger partial charge in [0.05, 0.1) is 12.1 Å². The van der Waals surface area contributed by atoms with Crippen LogP contribution >= 0.6 is 24.4 Å². The van der Waals surface area contributed by atoms with Crippen LogP contribution in [-0.4, -0.2) is 88.5 Å². The molecular weight excluding hydrogens is 446 g/mol. The Bertz CT molecular complexity index is 596. The molecule has 5 unspecified atom stereocenters. The molecule has 0 aliphatic heterocycles. The number of nitrogens with two attached hydrogens (primary N) is 2. The summed E-state index contributed by atoms with van der Waals surface area (Å²) in [6.07, 6.45) is 2.04. The van der Waals surface area contributed by atoms with Crippen molar-refractivity contribution in [2.24, 2.45) is 11.5 Å². The molecule has 9 N–H and O–H groups in total. The number of nitrogens with one attached hydrogen (secondary N) is 3. The summed E-state index contributed by atoms with van der Waals surface area (Å²) in [5.41, 5.74) is 11.0. The molecule has 0 radical (unpaired) electrons. The highest BCUT2D eigenvalue weighted by molar-refractivity contribution is 7.98. The number of carboxylic acids is 1. The van der Waals surface area contributed by atoms with Crippen LogP contribution < -0.4 is 27.4 Å². The van der Waals surface area contributed by atoms with Gasteiger partial charge in [-0.1, -0.05) is 0 Å². The third-order valence-electron chi connectivity index (χ3n) is 4.40. The molecule has 0 saturated heterocycles. The lowest BCUT2D eigenvalue weighted by atomic mass is 10.1. The van der Waals surface area contributed by atoms with E-state index in [1.165, 1.54) is 18.7 Å². The fourth-order valence-corrected chi connectivity index (χ4v) is 3.17. The zero-order valence-corrected chi connectivity index (χ0v) is 19.6. The van der Waals surface area contributed by atoms with Gasteiger partial charge in [-0.25, -0.2) is 4.79 Å². The minimum Gasteiger partial charge on any atom is -0.480 e. The van der Waals surface area contributed by atoms with Crippen LogP contribution in [0.15, 0.2) is 0 Å². The number of aliphatic hydroxyl groups is 1. The lowest BCUT2D eigenvalue weighted by Crippen LogP contribution is -2.60. The van der Waals surface area contributed by atoms with E-state index in [0.29, 0.717) is 25.1 Å². The number of unbranched alkanes of at least 4 members (excludes halogenated alkanes) is 1. The van der Waals surface area contributed by atoms with E-state index in [1.807, 2.05) is 6.26 Å². The molecule has 11 nitrogen and oxygen atoms in total. The van der Waals surface area contributed by atoms with Crippen molar-refractivity contribution in [2.75, 3.05) is 24.3 Å². The Hall–Kier alpha value is -1.54. The standard InChI is InChI=1S/C18H35N5O6S2/c1-10(24)14(17(27)22-13(18(28)29)5-3-4-7-19)23-16(26)12(6-8-31-2)21-15(25)11(20)9-30/h10-14,24,30H,3-9,19-20H2,1-2H3,(H,21,25)(H,22,27)(H,23,26)(H,28,29). The zero-order valence-electron chi connectivity index (χ0n) is 17.9. The Balaban J connectivity index is 5.26. The zero-order chi connectivity index (χ0) is 24.0. The first kappa shape index (κ1) is 29.5. The number of thiol groups is 1. The van der Waals surface area contributed by atoms with Crippen molar-refractivity contribution < 1.29 is 29.4 Å². The Morgan fingerprint density at radius 1 is 1.00 bits per heavy atom. The van der Waals surface area contributed by atoms with E-state index in [4.69, 9.17) is 11.5 Å². The summed E-state index contributed by atoms with van der Waals surface area (Å²) in [6.45, 7) is 1.69. The average Bonchev–Trinajstić information content (AvgIpc) is 2.72. The van der Waals surface area contributed by atoms with Crippen LogP contribution in [0.2, 0.25) is 0 Å². The minimum absolute atomic E-state index is 0.0855. The van der Waals surface area contributed by atoms with Gasteiger partial charge in [0.2, 0.25) is 17.7 Å². The lowest BCUT2D eigenvalue weighted by Gasteiger charge is -2.26. The van der Waals surface area contributed by atoms with E-state index in [1.54, 1.807) is 0 Å². The van der Waals surface area contributed by atoms with Crippen LogP contribution in [0.4, 0.5) is 0 Å². The third-order valence-corrected chi connectivity index (χ3v) is 5.44. The number of carbonyl (C=O) groups is 4. The van der Waals surface area contributed by atoms with Crippen molar-refractivity contribution in [2.45, 2.75) is 62.9 Å². The molecule has 5 atom stereocenters. The fraction of sp³-hybridized carbons (Fsp3) is 0.778. The second kappa shape index (κ2) is 16.1. The molecule has 0 aliphatic carbocycles. The van der Waals surface area contributed by atoms with Gasteiger partial charge in [-0.05, 0) is 51.2 Å². The number of carboxylic acid groups (broad SMARTS) is 1. The smallest absolute Gasteiger partial charge is 0.326 e. The first-order valence-corrected chi connectivity index (χ1v) is 12.0. The molecular formula is C18H35N5O6S2. The van der Waals surface area contributed by atoms with Crippen LogP contribution in [0.25, 0.3) is 0 Å². The van der Waals surface area contributed by atoms with E-state index >= 15 is 0 Å². The van der Waals surface area contributed by atoms with Crippen molar-refractivity contribution in [1.29, 1.82) is 0 Å². The van der Waals surface area contributed by atoms with E-state index in [2.05, 4.69) is 28.6 Å². The number of aliphatic carboxylic acids is 1. The number of thioether (sulfide) groups is 1. The summed E-state index contributed by atoms with van der Waals surface area (Å²) in [4.78, 5) is 48.8. The Morgan fingerprint density at radius 3 is 2.10 bits per heavy atom. The molecule has 3 amide bonds. The predicted molar refractivity (Wildman–Crippen MR) is 123 cm³/mol. The van der Waals surface area contributed by atoms with Gasteiger partial charge in [-0.2, -0.15) is 24.4 Å². The molecule has 0 bridgehead atoms. The number of rotatable bonds is 16. The molecule has 0 heterocycles. The van der Waals surface area contributed by atoms with E-state index < -0.39 is 54.0 Å². The van der Waals surface area contributed by atoms with Crippen LogP contribution in [0.5, 0.6) is 0 Å². The second-order valence-electron chi connectivity index (χ2n) is 7.04. The van der Waals surface area contributed by atoms with Crippen molar-refractivity contribution in [3.63, 3.8) is 0 Å². The summed E-state index contributed by atoms with van der Waals surface area (Å²) in [7, 11) is 0. The number of carbonyl (C=O) groups excluding carboxylic acids is 3. The predicted octanol–water partition coefficient (Wildman–Crippen LogP) is -1.95. The molecule has 0 aliphatic rings. The summed E-state index contributed by atoms with van der Waals surface area (Å²) < 4.78 is 0. The normalized spacial score (nSPS) is 15.8. The molecule has 0 spiro atoms. The summed E-state index contributed by atoms with van der Waals surface area (Å²) in [6, 6.07) is -4.48. The maximum Gasteiger partial charge on any atom is 0.326 e. The van der Waals surface area contributed by atoms with Crippen molar-refractivity contribution in [1.82, 2.24) is 16.0 Å². The van der Waals surface area contributed by atoms with E-state index in [-0.39, 0.29) is 18.6 Å². The Kier molecular flexibility index (Phi) is 15.3. The molecule has 0 saturated carbocycles. The van der Waals surface area contributed by atoms with Gasteiger partial charge in [-0.15, -0.1) is 0 Å². The quantitative estimate of drug-likeness (QED) is 0.0911. The maximum absolute atomic E-state index is 12.7. The van der Waals surface area contributed by atoms with Gasteiger partial charge < -0.3 is 37.6 Å². The molecule has 0 aromatic rings. The number of hydrogen-bond donors (Lipinski definition) is 8. The molecule has 0 aromatic heterocycles. The molecule has 0 rings (SSSR count). The summed E-state index contributed by atoms with van der Waals surface area (Å²) >= 11 is 5.42. The highest BCUT2D eigenvalue weighted by atomic mass is 32.2. The van der Waals surface area contributed by atoms with E-state index in [9.17, 15) is 29.4 Å². The molecule has 180 valence electrons. The van der Waals surface area contributed by atoms with Crippen LogP contribution in [0.3, 0.4) is 0 Å². The average molecular weight is 482 g/mol. The monoisotopic (exact) mass is 481 g/mol.